The van der Waals surface area contributed by atoms with Crippen molar-refractivity contribution in [1.82, 2.24) is 15.1 Å². The Balaban J connectivity index is 1.54. The number of aliphatic hydroxyl groups excluding tert-OH is 1. The van der Waals surface area contributed by atoms with Gasteiger partial charge < -0.3 is 29.5 Å². The van der Waals surface area contributed by atoms with Crippen LogP contribution >= 0.6 is 0 Å². The van der Waals surface area contributed by atoms with Gasteiger partial charge in [-0.1, -0.05) is 0 Å². The number of carbonyl (C=O) groups excluding carboxylic acids is 3. The summed E-state index contributed by atoms with van der Waals surface area (Å²) in [6.45, 7) is 7.51. The molecule has 4 saturated heterocycles. The Morgan fingerprint density at radius 2 is 2.10 bits per heavy atom. The summed E-state index contributed by atoms with van der Waals surface area (Å²) >= 11 is 0. The smallest absolute Gasteiger partial charge is 0.312 e. The van der Waals surface area contributed by atoms with E-state index in [9.17, 15) is 19.5 Å². The van der Waals surface area contributed by atoms with Crippen LogP contribution in [0.4, 0.5) is 0 Å². The van der Waals surface area contributed by atoms with E-state index in [-0.39, 0.29) is 25.0 Å². The lowest BCUT2D eigenvalue weighted by molar-refractivity contribution is -0.155. The average molecular weight is 440 g/mol. The summed E-state index contributed by atoms with van der Waals surface area (Å²) in [5.41, 5.74) is -1.05. The SMILES string of the molecule is CCOC(=O)[C@@H]1[C@@H]2CC[C@]3(O2)[C@H](C(=O)NCCN2CCOCC2)N([C@H](C)CO)C(=O)[C@@H]13. The van der Waals surface area contributed by atoms with E-state index in [1.807, 2.05) is 0 Å². The van der Waals surface area contributed by atoms with Crippen LogP contribution in [0.25, 0.3) is 0 Å². The highest BCUT2D eigenvalue weighted by molar-refractivity contribution is 5.98. The predicted molar refractivity (Wildman–Crippen MR) is 108 cm³/mol. The monoisotopic (exact) mass is 439 g/mol. The molecule has 0 aromatic heterocycles. The number of ether oxygens (including phenoxy) is 3. The van der Waals surface area contributed by atoms with Gasteiger partial charge in [-0.3, -0.25) is 19.3 Å². The second-order valence-corrected chi connectivity index (χ2v) is 8.83. The van der Waals surface area contributed by atoms with Crippen LogP contribution in [0.3, 0.4) is 0 Å². The predicted octanol–water partition coefficient (Wildman–Crippen LogP) is -1.25. The second kappa shape index (κ2) is 9.01. The van der Waals surface area contributed by atoms with Gasteiger partial charge in [0, 0.05) is 26.2 Å². The minimum atomic E-state index is -1.05. The van der Waals surface area contributed by atoms with E-state index >= 15 is 0 Å². The number of carbonyl (C=O) groups is 3. The summed E-state index contributed by atoms with van der Waals surface area (Å²) in [5.74, 6) is -2.52. The van der Waals surface area contributed by atoms with Crippen LogP contribution in [0.5, 0.6) is 0 Å². The van der Waals surface area contributed by atoms with Gasteiger partial charge in [0.25, 0.3) is 0 Å². The van der Waals surface area contributed by atoms with Gasteiger partial charge in [0.1, 0.15) is 11.6 Å². The van der Waals surface area contributed by atoms with E-state index < -0.39 is 41.6 Å². The van der Waals surface area contributed by atoms with Crippen molar-refractivity contribution in [1.29, 1.82) is 0 Å². The van der Waals surface area contributed by atoms with Crippen molar-refractivity contribution in [2.75, 3.05) is 52.6 Å². The molecule has 1 spiro atoms. The Kier molecular flexibility index (Phi) is 6.52. The third-order valence-corrected chi connectivity index (χ3v) is 7.12. The first kappa shape index (κ1) is 22.4. The van der Waals surface area contributed by atoms with Gasteiger partial charge >= 0.3 is 5.97 Å². The number of morpholine rings is 1. The number of aliphatic hydroxyl groups is 1. The van der Waals surface area contributed by atoms with E-state index in [4.69, 9.17) is 14.2 Å². The molecule has 4 aliphatic heterocycles. The molecule has 0 radical (unpaired) electrons. The summed E-state index contributed by atoms with van der Waals surface area (Å²) in [4.78, 5) is 43.1. The molecular formula is C21H33N3O7. The summed E-state index contributed by atoms with van der Waals surface area (Å²) in [6.07, 6.45) is 0.718. The normalized spacial score (nSPS) is 35.8. The molecule has 2 amide bonds. The maximum Gasteiger partial charge on any atom is 0.312 e. The number of hydrogen-bond donors (Lipinski definition) is 2. The zero-order valence-electron chi connectivity index (χ0n) is 18.2. The minimum absolute atomic E-state index is 0.220. The Morgan fingerprint density at radius 3 is 2.77 bits per heavy atom. The van der Waals surface area contributed by atoms with Crippen LogP contribution in [0.15, 0.2) is 0 Å². The summed E-state index contributed by atoms with van der Waals surface area (Å²) in [7, 11) is 0. The van der Waals surface area contributed by atoms with Crippen molar-refractivity contribution in [3.05, 3.63) is 0 Å². The molecule has 10 heteroatoms. The third-order valence-electron chi connectivity index (χ3n) is 7.12. The third kappa shape index (κ3) is 3.73. The zero-order valence-corrected chi connectivity index (χ0v) is 18.2. The lowest BCUT2D eigenvalue weighted by Crippen LogP contribution is -2.58. The van der Waals surface area contributed by atoms with Gasteiger partial charge in [-0.15, -0.1) is 0 Å². The Labute approximate surface area is 182 Å². The number of nitrogens with zero attached hydrogens (tertiary/aromatic N) is 2. The van der Waals surface area contributed by atoms with E-state index in [0.717, 1.165) is 13.1 Å². The number of amides is 2. The molecule has 10 nitrogen and oxygen atoms in total. The lowest BCUT2D eigenvalue weighted by Gasteiger charge is -2.35. The summed E-state index contributed by atoms with van der Waals surface area (Å²) < 4.78 is 16.8. The van der Waals surface area contributed by atoms with Gasteiger partial charge in [0.2, 0.25) is 11.8 Å². The van der Waals surface area contributed by atoms with Gasteiger partial charge in [0.15, 0.2) is 0 Å². The van der Waals surface area contributed by atoms with E-state index in [1.54, 1.807) is 13.8 Å². The molecule has 4 heterocycles. The standard InChI is InChI=1S/C21H33N3O7/c1-3-30-20(28)15-14-4-5-21(31-14)16(15)19(27)24(13(2)12-25)17(21)18(26)22-6-7-23-8-10-29-11-9-23/h13-17,25H,3-12H2,1-2H3,(H,22,26)/t13-,14+,15-,16-,17+,21-/m1/s1. The molecule has 0 saturated carbocycles. The molecule has 0 aromatic carbocycles. The Bertz CT molecular complexity index is 713. The number of nitrogens with one attached hydrogen (secondary N) is 1. The number of fused-ring (bicyclic) bond motifs is 1. The molecule has 0 aliphatic carbocycles. The Morgan fingerprint density at radius 1 is 1.35 bits per heavy atom. The molecule has 0 unspecified atom stereocenters. The molecular weight excluding hydrogens is 406 g/mol. The fourth-order valence-electron chi connectivity index (χ4n) is 5.72. The topological polar surface area (TPSA) is 118 Å². The summed E-state index contributed by atoms with van der Waals surface area (Å²) in [6, 6.07) is -1.44. The number of hydrogen-bond acceptors (Lipinski definition) is 8. The van der Waals surface area contributed by atoms with E-state index in [2.05, 4.69) is 10.2 Å². The highest BCUT2D eigenvalue weighted by atomic mass is 16.6. The first-order valence-corrected chi connectivity index (χ1v) is 11.3. The van der Waals surface area contributed by atoms with Crippen LogP contribution in [-0.2, 0) is 28.6 Å². The van der Waals surface area contributed by atoms with Crippen LogP contribution in [0.2, 0.25) is 0 Å². The van der Waals surface area contributed by atoms with Gasteiger partial charge in [0.05, 0.1) is 50.4 Å². The van der Waals surface area contributed by atoms with Crippen molar-refractivity contribution < 1.29 is 33.7 Å². The van der Waals surface area contributed by atoms with Crippen molar-refractivity contribution in [2.45, 2.75) is 50.5 Å². The maximum atomic E-state index is 13.5. The molecule has 4 aliphatic rings. The quantitative estimate of drug-likeness (QED) is 0.451. The van der Waals surface area contributed by atoms with Gasteiger partial charge in [-0.2, -0.15) is 0 Å². The minimum Gasteiger partial charge on any atom is -0.466 e. The molecule has 174 valence electrons. The fraction of sp³-hybridized carbons (Fsp3) is 0.857. The van der Waals surface area contributed by atoms with Crippen molar-refractivity contribution in [3.63, 3.8) is 0 Å². The molecule has 2 N–H and O–H groups in total. The number of esters is 1. The van der Waals surface area contributed by atoms with Crippen molar-refractivity contribution >= 4 is 17.8 Å². The molecule has 31 heavy (non-hydrogen) atoms. The Hall–Kier alpha value is -1.75. The fourth-order valence-corrected chi connectivity index (χ4v) is 5.72. The zero-order chi connectivity index (χ0) is 22.2. The molecule has 0 aromatic rings. The number of likely N-dealkylation sites (tertiary alicyclic amines) is 1. The molecule has 2 bridgehead atoms. The highest BCUT2D eigenvalue weighted by Gasteiger charge is 2.75. The highest BCUT2D eigenvalue weighted by Crippen LogP contribution is 2.58. The van der Waals surface area contributed by atoms with Crippen molar-refractivity contribution in [2.24, 2.45) is 11.8 Å². The summed E-state index contributed by atoms with van der Waals surface area (Å²) in [5, 5.41) is 12.7. The molecule has 4 rings (SSSR count). The second-order valence-electron chi connectivity index (χ2n) is 8.83. The van der Waals surface area contributed by atoms with Crippen LogP contribution in [0.1, 0.15) is 26.7 Å². The van der Waals surface area contributed by atoms with Crippen LogP contribution in [-0.4, -0.2) is 109 Å². The van der Waals surface area contributed by atoms with Gasteiger partial charge in [-0.25, -0.2) is 0 Å². The lowest BCUT2D eigenvalue weighted by atomic mass is 9.71. The largest absolute Gasteiger partial charge is 0.466 e. The average Bonchev–Trinajstić information content (AvgIpc) is 3.41. The first-order valence-electron chi connectivity index (χ1n) is 11.3. The van der Waals surface area contributed by atoms with E-state index in [0.29, 0.717) is 39.1 Å². The molecule has 6 atom stereocenters. The van der Waals surface area contributed by atoms with Gasteiger partial charge in [-0.05, 0) is 26.7 Å². The first-order chi connectivity index (χ1) is 14.9. The molecule has 4 fully saturated rings. The van der Waals surface area contributed by atoms with Crippen LogP contribution < -0.4 is 5.32 Å². The maximum absolute atomic E-state index is 13.5. The number of rotatable bonds is 8. The van der Waals surface area contributed by atoms with Crippen molar-refractivity contribution in [3.8, 4) is 0 Å². The van der Waals surface area contributed by atoms with Crippen LogP contribution in [0, 0.1) is 11.8 Å². The van der Waals surface area contributed by atoms with E-state index in [1.165, 1.54) is 4.90 Å².